The molecule has 1 fully saturated rings. The smallest absolute Gasteiger partial charge is 0.258 e. The van der Waals surface area contributed by atoms with Crippen molar-refractivity contribution < 1.29 is 9.53 Å². The van der Waals surface area contributed by atoms with Gasteiger partial charge < -0.3 is 14.6 Å². The van der Waals surface area contributed by atoms with Crippen molar-refractivity contribution >= 4 is 16.8 Å². The third-order valence-electron chi connectivity index (χ3n) is 4.85. The number of benzene rings is 2. The van der Waals surface area contributed by atoms with E-state index in [2.05, 4.69) is 9.97 Å². The lowest BCUT2D eigenvalue weighted by atomic mass is 10.2. The highest BCUT2D eigenvalue weighted by Gasteiger charge is 2.23. The molecule has 0 spiro atoms. The van der Waals surface area contributed by atoms with E-state index in [1.165, 1.54) is 12.8 Å². The molecule has 0 radical (unpaired) electrons. The number of para-hydroxylation sites is 1. The summed E-state index contributed by atoms with van der Waals surface area (Å²) in [5.74, 6) is 0.962. The summed E-state index contributed by atoms with van der Waals surface area (Å²) >= 11 is 0. The number of H-pyrrole nitrogens is 1. The maximum Gasteiger partial charge on any atom is 0.258 e. The second kappa shape index (κ2) is 8.35. The monoisotopic (exact) mass is 377 g/mol. The van der Waals surface area contributed by atoms with Crippen LogP contribution in [-0.2, 0) is 22.6 Å². The summed E-state index contributed by atoms with van der Waals surface area (Å²) in [5.41, 5.74) is 1.44. The molecule has 1 aromatic heterocycles. The molecule has 1 aliphatic carbocycles. The first-order valence-electron chi connectivity index (χ1n) is 9.56. The van der Waals surface area contributed by atoms with Crippen LogP contribution in [0.4, 0.5) is 0 Å². The molecular weight excluding hydrogens is 354 g/mol. The predicted octanol–water partition coefficient (Wildman–Crippen LogP) is 2.88. The van der Waals surface area contributed by atoms with Gasteiger partial charge in [0.2, 0.25) is 5.91 Å². The van der Waals surface area contributed by atoms with Gasteiger partial charge in [-0.15, -0.1) is 0 Å². The Kier molecular flexibility index (Phi) is 5.48. The average Bonchev–Trinajstić information content (AvgIpc) is 3.53. The molecule has 1 heterocycles. The van der Waals surface area contributed by atoms with Crippen LogP contribution >= 0.6 is 0 Å². The summed E-state index contributed by atoms with van der Waals surface area (Å²) in [4.78, 5) is 34.1. The van der Waals surface area contributed by atoms with Gasteiger partial charge >= 0.3 is 0 Å². The molecule has 1 N–H and O–H groups in total. The number of carbonyl (C=O) groups excluding carboxylic acids is 1. The molecule has 0 bridgehead atoms. The third kappa shape index (κ3) is 4.64. The van der Waals surface area contributed by atoms with Gasteiger partial charge in [0.25, 0.3) is 5.56 Å². The van der Waals surface area contributed by atoms with Gasteiger partial charge in [-0.3, -0.25) is 9.59 Å². The standard InChI is InChI=1S/C22H23N3O3/c26-21(15-28-14-17-10-11-17)25(12-16-6-2-1-3-7-16)13-20-23-19-9-5-4-8-18(19)22(27)24-20/h1-9,17H,10-15H2,(H,23,24,27). The van der Waals surface area contributed by atoms with Crippen molar-refractivity contribution in [1.29, 1.82) is 0 Å². The Morgan fingerprint density at radius 1 is 1.07 bits per heavy atom. The van der Waals surface area contributed by atoms with Crippen molar-refractivity contribution in [3.05, 3.63) is 76.3 Å². The highest BCUT2D eigenvalue weighted by molar-refractivity contribution is 5.78. The Bertz CT molecular complexity index is 1010. The van der Waals surface area contributed by atoms with Gasteiger partial charge in [-0.1, -0.05) is 42.5 Å². The lowest BCUT2D eigenvalue weighted by Gasteiger charge is -2.22. The lowest BCUT2D eigenvalue weighted by Crippen LogP contribution is -2.34. The van der Waals surface area contributed by atoms with E-state index in [0.29, 0.717) is 35.8 Å². The fourth-order valence-electron chi connectivity index (χ4n) is 3.12. The van der Waals surface area contributed by atoms with E-state index in [0.717, 1.165) is 5.56 Å². The maximum absolute atomic E-state index is 12.8. The summed E-state index contributed by atoms with van der Waals surface area (Å²) < 4.78 is 5.59. The normalized spacial score (nSPS) is 13.6. The second-order valence-corrected chi connectivity index (χ2v) is 7.22. The fourth-order valence-corrected chi connectivity index (χ4v) is 3.12. The Balaban J connectivity index is 1.53. The van der Waals surface area contributed by atoms with Crippen LogP contribution in [0.1, 0.15) is 24.2 Å². The second-order valence-electron chi connectivity index (χ2n) is 7.22. The molecule has 0 aliphatic heterocycles. The number of nitrogens with one attached hydrogen (secondary N) is 1. The molecule has 1 amide bonds. The first-order chi connectivity index (χ1) is 13.7. The Hall–Kier alpha value is -2.99. The number of rotatable bonds is 8. The van der Waals surface area contributed by atoms with E-state index >= 15 is 0 Å². The third-order valence-corrected chi connectivity index (χ3v) is 4.85. The summed E-state index contributed by atoms with van der Waals surface area (Å²) in [7, 11) is 0. The largest absolute Gasteiger partial charge is 0.371 e. The maximum atomic E-state index is 12.8. The van der Waals surface area contributed by atoms with Gasteiger partial charge in [-0.25, -0.2) is 4.98 Å². The number of amides is 1. The van der Waals surface area contributed by atoms with E-state index < -0.39 is 0 Å². The molecule has 3 aromatic rings. The lowest BCUT2D eigenvalue weighted by molar-refractivity contribution is -0.137. The van der Waals surface area contributed by atoms with Gasteiger partial charge in [-0.2, -0.15) is 0 Å². The van der Waals surface area contributed by atoms with Crippen LogP contribution < -0.4 is 5.56 Å². The summed E-state index contributed by atoms with van der Waals surface area (Å²) in [6.07, 6.45) is 2.37. The van der Waals surface area contributed by atoms with Gasteiger partial charge in [0.15, 0.2) is 0 Å². The molecule has 6 nitrogen and oxygen atoms in total. The zero-order chi connectivity index (χ0) is 19.3. The molecule has 6 heteroatoms. The quantitative estimate of drug-likeness (QED) is 0.655. The average molecular weight is 377 g/mol. The van der Waals surface area contributed by atoms with Crippen molar-refractivity contribution in [2.75, 3.05) is 13.2 Å². The van der Waals surface area contributed by atoms with Crippen molar-refractivity contribution in [3.8, 4) is 0 Å². The summed E-state index contributed by atoms with van der Waals surface area (Å²) in [6, 6.07) is 17.0. The Morgan fingerprint density at radius 3 is 2.61 bits per heavy atom. The molecule has 0 saturated heterocycles. The minimum absolute atomic E-state index is 0.0428. The number of aromatic nitrogens is 2. The van der Waals surface area contributed by atoms with Gasteiger partial charge in [0.1, 0.15) is 12.4 Å². The van der Waals surface area contributed by atoms with Crippen LogP contribution in [0, 0.1) is 5.92 Å². The van der Waals surface area contributed by atoms with E-state index in [1.807, 2.05) is 36.4 Å². The minimum Gasteiger partial charge on any atom is -0.371 e. The number of aromatic amines is 1. The van der Waals surface area contributed by atoms with E-state index in [9.17, 15) is 9.59 Å². The number of hydrogen-bond acceptors (Lipinski definition) is 4. The number of ether oxygens (including phenoxy) is 1. The fraction of sp³-hybridized carbons (Fsp3) is 0.318. The molecule has 0 unspecified atom stereocenters. The van der Waals surface area contributed by atoms with Crippen LogP contribution in [0.2, 0.25) is 0 Å². The van der Waals surface area contributed by atoms with Gasteiger partial charge in [-0.05, 0) is 36.5 Å². The topological polar surface area (TPSA) is 75.3 Å². The number of hydrogen-bond donors (Lipinski definition) is 1. The molecule has 2 aromatic carbocycles. The van der Waals surface area contributed by atoms with Gasteiger partial charge in [0, 0.05) is 6.54 Å². The first-order valence-corrected chi connectivity index (χ1v) is 9.56. The zero-order valence-electron chi connectivity index (χ0n) is 15.6. The molecule has 28 heavy (non-hydrogen) atoms. The van der Waals surface area contributed by atoms with E-state index in [1.54, 1.807) is 23.1 Å². The first kappa shape index (κ1) is 18.4. The summed E-state index contributed by atoms with van der Waals surface area (Å²) in [6.45, 7) is 1.33. The van der Waals surface area contributed by atoms with Crippen molar-refractivity contribution in [2.24, 2.45) is 5.92 Å². The van der Waals surface area contributed by atoms with Crippen molar-refractivity contribution in [1.82, 2.24) is 14.9 Å². The molecule has 0 atom stereocenters. The highest BCUT2D eigenvalue weighted by Crippen LogP contribution is 2.28. The minimum atomic E-state index is -0.197. The molecule has 1 aliphatic rings. The van der Waals surface area contributed by atoms with Crippen LogP contribution in [0.5, 0.6) is 0 Å². The van der Waals surface area contributed by atoms with Crippen molar-refractivity contribution in [2.45, 2.75) is 25.9 Å². The van der Waals surface area contributed by atoms with Crippen molar-refractivity contribution in [3.63, 3.8) is 0 Å². The van der Waals surface area contributed by atoms with Crippen LogP contribution in [0.15, 0.2) is 59.4 Å². The predicted molar refractivity (Wildman–Crippen MR) is 107 cm³/mol. The van der Waals surface area contributed by atoms with Gasteiger partial charge in [0.05, 0.1) is 24.1 Å². The van der Waals surface area contributed by atoms with Crippen LogP contribution in [0.3, 0.4) is 0 Å². The number of nitrogens with zero attached hydrogens (tertiary/aromatic N) is 2. The Labute approximate surface area is 163 Å². The van der Waals surface area contributed by atoms with Crippen LogP contribution in [-0.4, -0.2) is 34.0 Å². The molecule has 1 saturated carbocycles. The molecular formula is C22H23N3O3. The van der Waals surface area contributed by atoms with E-state index in [-0.39, 0.29) is 24.6 Å². The Morgan fingerprint density at radius 2 is 1.82 bits per heavy atom. The highest BCUT2D eigenvalue weighted by atomic mass is 16.5. The number of fused-ring (bicyclic) bond motifs is 1. The SMILES string of the molecule is O=C(COCC1CC1)N(Cc1ccccc1)Cc1nc2ccccc2c(=O)[nH]1. The molecule has 4 rings (SSSR count). The van der Waals surface area contributed by atoms with E-state index in [4.69, 9.17) is 4.74 Å². The molecule has 144 valence electrons. The van der Waals surface area contributed by atoms with Crippen LogP contribution in [0.25, 0.3) is 10.9 Å². The number of carbonyl (C=O) groups is 1. The zero-order valence-corrected chi connectivity index (χ0v) is 15.6. The summed E-state index contributed by atoms with van der Waals surface area (Å²) in [5, 5.41) is 0.542.